The Bertz CT molecular complexity index is 1170. The van der Waals surface area contributed by atoms with E-state index >= 15 is 0 Å². The second-order valence-electron chi connectivity index (χ2n) is 9.17. The molecule has 1 atom stereocenters. The van der Waals surface area contributed by atoms with Crippen LogP contribution < -0.4 is 5.69 Å². The number of carbonyl (C=O) groups is 1. The third kappa shape index (κ3) is 4.45. The third-order valence-electron chi connectivity index (χ3n) is 7.12. The number of nitrogens with one attached hydrogen (secondary N) is 1. The number of benzene rings is 2. The lowest BCUT2D eigenvalue weighted by atomic mass is 10.0. The standard InChI is InChI=1S/C25H30ClN5O2/c1-28-11-9-20(10-12-28)29-13-15-30(16-14-29)24(32)23(18-5-3-2-4-6-18)31-22-17-19(26)7-8-21(22)27-25(31)33/h2-8,17,20,23H,9-16H2,1H3,(H,27,33). The van der Waals surface area contributed by atoms with Crippen LogP contribution in [-0.4, -0.2) is 82.5 Å². The average Bonchev–Trinajstić information content (AvgIpc) is 3.15. The maximum atomic E-state index is 13.9. The van der Waals surface area contributed by atoms with Crippen molar-refractivity contribution in [2.75, 3.05) is 46.3 Å². The van der Waals surface area contributed by atoms with E-state index in [2.05, 4.69) is 21.8 Å². The second-order valence-corrected chi connectivity index (χ2v) is 9.61. The molecule has 3 heterocycles. The van der Waals surface area contributed by atoms with Gasteiger partial charge in [0.25, 0.3) is 5.91 Å². The molecule has 2 aliphatic heterocycles. The molecule has 33 heavy (non-hydrogen) atoms. The van der Waals surface area contributed by atoms with Gasteiger partial charge in [-0.2, -0.15) is 0 Å². The number of fused-ring (bicyclic) bond motifs is 1. The van der Waals surface area contributed by atoms with Gasteiger partial charge >= 0.3 is 5.69 Å². The molecule has 7 nitrogen and oxygen atoms in total. The van der Waals surface area contributed by atoms with Crippen LogP contribution in [0.15, 0.2) is 53.3 Å². The first-order valence-corrected chi connectivity index (χ1v) is 12.0. The molecule has 2 saturated heterocycles. The normalized spacial score (nSPS) is 19.8. The molecule has 2 aliphatic rings. The Morgan fingerprint density at radius 1 is 1.00 bits per heavy atom. The summed E-state index contributed by atoms with van der Waals surface area (Å²) in [6.07, 6.45) is 2.37. The van der Waals surface area contributed by atoms with Crippen molar-refractivity contribution >= 4 is 28.5 Å². The van der Waals surface area contributed by atoms with E-state index in [9.17, 15) is 9.59 Å². The summed E-state index contributed by atoms with van der Waals surface area (Å²) in [5.41, 5.74) is 1.80. The molecule has 1 amide bonds. The fraction of sp³-hybridized carbons (Fsp3) is 0.440. The van der Waals surface area contributed by atoms with Crippen LogP contribution in [0.5, 0.6) is 0 Å². The number of aromatic nitrogens is 2. The quantitative estimate of drug-likeness (QED) is 0.641. The van der Waals surface area contributed by atoms with Crippen LogP contribution in [0.2, 0.25) is 5.02 Å². The number of rotatable bonds is 4. The summed E-state index contributed by atoms with van der Waals surface area (Å²) in [4.78, 5) is 36.6. The van der Waals surface area contributed by atoms with Crippen molar-refractivity contribution in [2.24, 2.45) is 0 Å². The molecule has 0 saturated carbocycles. The predicted molar refractivity (Wildman–Crippen MR) is 131 cm³/mol. The average molecular weight is 468 g/mol. The van der Waals surface area contributed by atoms with Gasteiger partial charge < -0.3 is 14.8 Å². The molecule has 1 N–H and O–H groups in total. The molecular formula is C25H30ClN5O2. The molecule has 0 spiro atoms. The lowest BCUT2D eigenvalue weighted by Gasteiger charge is -2.42. The van der Waals surface area contributed by atoms with Crippen molar-refractivity contribution in [1.29, 1.82) is 0 Å². The third-order valence-corrected chi connectivity index (χ3v) is 7.35. The highest BCUT2D eigenvalue weighted by molar-refractivity contribution is 6.31. The molecule has 2 fully saturated rings. The van der Waals surface area contributed by atoms with Gasteiger partial charge in [0.1, 0.15) is 6.04 Å². The Balaban J connectivity index is 1.42. The number of carbonyl (C=O) groups excluding carboxylic acids is 1. The van der Waals surface area contributed by atoms with Gasteiger partial charge in [0.2, 0.25) is 0 Å². The Morgan fingerprint density at radius 2 is 1.70 bits per heavy atom. The summed E-state index contributed by atoms with van der Waals surface area (Å²) in [6.45, 7) is 5.35. The van der Waals surface area contributed by atoms with E-state index in [4.69, 9.17) is 11.6 Å². The van der Waals surface area contributed by atoms with Crippen LogP contribution in [-0.2, 0) is 4.79 Å². The van der Waals surface area contributed by atoms with E-state index in [1.807, 2.05) is 35.2 Å². The number of hydrogen-bond donors (Lipinski definition) is 1. The van der Waals surface area contributed by atoms with Crippen molar-refractivity contribution in [2.45, 2.75) is 24.9 Å². The monoisotopic (exact) mass is 467 g/mol. The van der Waals surface area contributed by atoms with Gasteiger partial charge in [0, 0.05) is 37.2 Å². The Labute approximate surface area is 198 Å². The largest absolute Gasteiger partial charge is 0.338 e. The Hall–Kier alpha value is -2.61. The number of nitrogens with zero attached hydrogens (tertiary/aromatic N) is 4. The minimum Gasteiger partial charge on any atom is -0.338 e. The number of amides is 1. The molecule has 0 aliphatic carbocycles. The summed E-state index contributed by atoms with van der Waals surface area (Å²) < 4.78 is 1.56. The van der Waals surface area contributed by atoms with Crippen LogP contribution in [0.4, 0.5) is 0 Å². The molecular weight excluding hydrogens is 438 g/mol. The maximum Gasteiger partial charge on any atom is 0.327 e. The second kappa shape index (κ2) is 9.33. The van der Waals surface area contributed by atoms with E-state index in [0.717, 1.165) is 31.7 Å². The number of likely N-dealkylation sites (tertiary alicyclic amines) is 1. The molecule has 0 radical (unpaired) electrons. The summed E-state index contributed by atoms with van der Waals surface area (Å²) in [5, 5.41) is 0.529. The minimum absolute atomic E-state index is 0.0489. The van der Waals surface area contributed by atoms with Gasteiger partial charge in [0.05, 0.1) is 11.0 Å². The van der Waals surface area contributed by atoms with Crippen molar-refractivity contribution in [3.8, 4) is 0 Å². The summed E-state index contributed by atoms with van der Waals surface area (Å²) >= 11 is 6.24. The number of piperidine rings is 1. The van der Waals surface area contributed by atoms with Crippen LogP contribution in [0.3, 0.4) is 0 Å². The molecule has 0 bridgehead atoms. The number of piperazine rings is 1. The first kappa shape index (κ1) is 22.2. The maximum absolute atomic E-state index is 13.9. The van der Waals surface area contributed by atoms with E-state index in [1.165, 1.54) is 12.8 Å². The fourth-order valence-electron chi connectivity index (χ4n) is 5.23. The van der Waals surface area contributed by atoms with Gasteiger partial charge in [-0.05, 0) is 56.7 Å². The molecule has 174 valence electrons. The molecule has 8 heteroatoms. The summed E-state index contributed by atoms with van der Waals surface area (Å²) in [5.74, 6) is -0.0489. The van der Waals surface area contributed by atoms with Gasteiger partial charge in [-0.25, -0.2) is 4.79 Å². The minimum atomic E-state index is -0.735. The van der Waals surface area contributed by atoms with Crippen LogP contribution >= 0.6 is 11.6 Å². The SMILES string of the molecule is CN1CCC(N2CCN(C(=O)C(c3ccccc3)n3c(=O)[nH]c4ccc(Cl)cc43)CC2)CC1. The van der Waals surface area contributed by atoms with Gasteiger partial charge in [-0.15, -0.1) is 0 Å². The number of imidazole rings is 1. The van der Waals surface area contributed by atoms with Crippen molar-refractivity contribution in [3.05, 3.63) is 69.6 Å². The topological polar surface area (TPSA) is 64.6 Å². The van der Waals surface area contributed by atoms with E-state index < -0.39 is 6.04 Å². The highest BCUT2D eigenvalue weighted by atomic mass is 35.5. The number of H-pyrrole nitrogens is 1. The first-order chi connectivity index (χ1) is 16.0. The molecule has 1 aromatic heterocycles. The van der Waals surface area contributed by atoms with Crippen molar-refractivity contribution in [1.82, 2.24) is 24.3 Å². The first-order valence-electron chi connectivity index (χ1n) is 11.7. The molecule has 1 unspecified atom stereocenters. The Kier molecular flexibility index (Phi) is 6.27. The van der Waals surface area contributed by atoms with Crippen molar-refractivity contribution < 1.29 is 4.79 Å². The van der Waals surface area contributed by atoms with Crippen LogP contribution in [0.1, 0.15) is 24.4 Å². The lowest BCUT2D eigenvalue weighted by Crippen LogP contribution is -2.55. The fourth-order valence-corrected chi connectivity index (χ4v) is 5.40. The lowest BCUT2D eigenvalue weighted by molar-refractivity contribution is -0.135. The highest BCUT2D eigenvalue weighted by Crippen LogP contribution is 2.27. The van der Waals surface area contributed by atoms with E-state index in [-0.39, 0.29) is 11.6 Å². The van der Waals surface area contributed by atoms with Gasteiger partial charge in [0.15, 0.2) is 0 Å². The van der Waals surface area contributed by atoms with Crippen LogP contribution in [0.25, 0.3) is 11.0 Å². The van der Waals surface area contributed by atoms with Gasteiger partial charge in [-0.3, -0.25) is 14.3 Å². The summed E-state index contributed by atoms with van der Waals surface area (Å²) in [7, 11) is 2.18. The molecule has 3 aromatic rings. The van der Waals surface area contributed by atoms with Gasteiger partial charge in [-0.1, -0.05) is 41.9 Å². The molecule has 5 rings (SSSR count). The smallest absolute Gasteiger partial charge is 0.327 e. The number of halogens is 1. The van der Waals surface area contributed by atoms with E-state index in [0.29, 0.717) is 35.2 Å². The zero-order chi connectivity index (χ0) is 22.9. The molecule has 2 aromatic carbocycles. The zero-order valence-corrected chi connectivity index (χ0v) is 19.7. The zero-order valence-electron chi connectivity index (χ0n) is 18.9. The predicted octanol–water partition coefficient (Wildman–Crippen LogP) is 2.81. The number of hydrogen-bond acceptors (Lipinski definition) is 4. The van der Waals surface area contributed by atoms with Crippen molar-refractivity contribution in [3.63, 3.8) is 0 Å². The number of aromatic amines is 1. The summed E-state index contributed by atoms with van der Waals surface area (Å²) in [6, 6.07) is 14.7. The van der Waals surface area contributed by atoms with E-state index in [1.54, 1.807) is 22.8 Å². The van der Waals surface area contributed by atoms with Crippen LogP contribution in [0, 0.1) is 0 Å². The Morgan fingerprint density at radius 3 is 2.39 bits per heavy atom. The highest BCUT2D eigenvalue weighted by Gasteiger charge is 2.34.